The Morgan fingerprint density at radius 3 is 2.50 bits per heavy atom. The number of hydrogen-bond acceptors (Lipinski definition) is 4. The van der Waals surface area contributed by atoms with Crippen LogP contribution in [0.2, 0.25) is 0 Å². The normalized spacial score (nSPS) is 32.9. The number of esters is 1. The molecule has 4 atom stereocenters. The summed E-state index contributed by atoms with van der Waals surface area (Å²) in [5.41, 5.74) is 4.97. The van der Waals surface area contributed by atoms with Gasteiger partial charge in [-0.05, 0) is 52.4 Å². The third kappa shape index (κ3) is 2.99. The third-order valence-corrected chi connectivity index (χ3v) is 10.6. The van der Waals surface area contributed by atoms with Crippen molar-refractivity contribution in [1.82, 2.24) is 0 Å². The number of Topliss-reactive ketones (excluding diaryl/α,β-unsaturated/α-hetero) is 1. The Labute approximate surface area is 214 Å². The highest BCUT2D eigenvalue weighted by Crippen LogP contribution is 2.68. The predicted octanol–water partition coefficient (Wildman–Crippen LogP) is 7.16. The zero-order valence-electron chi connectivity index (χ0n) is 22.3. The molecule has 1 aliphatic heterocycles. The molecule has 4 aliphatic rings. The predicted molar refractivity (Wildman–Crippen MR) is 144 cm³/mol. The van der Waals surface area contributed by atoms with Crippen LogP contribution in [0.3, 0.4) is 0 Å². The van der Waals surface area contributed by atoms with Crippen LogP contribution >= 0.6 is 0 Å². The number of fused-ring (bicyclic) bond motifs is 5. The molecule has 0 aromatic heterocycles. The van der Waals surface area contributed by atoms with Gasteiger partial charge in [0.15, 0.2) is 5.78 Å². The first-order valence-electron chi connectivity index (χ1n) is 13.3. The van der Waals surface area contributed by atoms with Gasteiger partial charge in [0.25, 0.3) is 0 Å². The number of nitrogens with one attached hydrogen (secondary N) is 1. The summed E-state index contributed by atoms with van der Waals surface area (Å²) in [4.78, 5) is 27.0. The number of benzene rings is 2. The van der Waals surface area contributed by atoms with Crippen molar-refractivity contribution in [2.24, 2.45) is 28.1 Å². The number of carbonyl (C=O) groups is 2. The number of allylic oxidation sites excluding steroid dienone is 3. The number of ether oxygens (including phenoxy) is 1. The monoisotopic (exact) mass is 483 g/mol. The standard InChI is InChI=1S/C32H37NO3/c1-30(2)17-24(34)25-23(16-20-15-19-13-14-32(20,5)31(19,3)4)22-12-11-18-9-7-8-10-21(18)27(22)33-28(25)26(30)29(35)36-6/h7-12,16,19,23,26,33H,13-15,17H2,1-6H3/t19-,23-,26-,32+/m0/s1. The summed E-state index contributed by atoms with van der Waals surface area (Å²) in [6, 6.07) is 12.7. The molecule has 2 fully saturated rings. The lowest BCUT2D eigenvalue weighted by atomic mass is 9.63. The van der Waals surface area contributed by atoms with Crippen molar-refractivity contribution < 1.29 is 14.3 Å². The van der Waals surface area contributed by atoms with Gasteiger partial charge in [0.2, 0.25) is 0 Å². The number of ketones is 1. The molecule has 0 radical (unpaired) electrons. The van der Waals surface area contributed by atoms with Gasteiger partial charge in [0, 0.05) is 29.0 Å². The molecule has 0 unspecified atom stereocenters. The Morgan fingerprint density at radius 2 is 1.83 bits per heavy atom. The molecule has 2 bridgehead atoms. The summed E-state index contributed by atoms with van der Waals surface area (Å²) in [5, 5.41) is 5.89. The second-order valence-electron chi connectivity index (χ2n) is 12.9. The quantitative estimate of drug-likeness (QED) is 0.364. The van der Waals surface area contributed by atoms with E-state index >= 15 is 0 Å². The zero-order valence-corrected chi connectivity index (χ0v) is 22.3. The summed E-state index contributed by atoms with van der Waals surface area (Å²) >= 11 is 0. The molecule has 2 aromatic carbocycles. The van der Waals surface area contributed by atoms with Gasteiger partial charge in [0.1, 0.15) is 5.92 Å². The maximum Gasteiger partial charge on any atom is 0.315 e. The number of rotatable bonds is 2. The number of carbonyl (C=O) groups excluding carboxylic acids is 2. The molecule has 4 heteroatoms. The summed E-state index contributed by atoms with van der Waals surface area (Å²) in [6.45, 7) is 11.3. The highest BCUT2D eigenvalue weighted by Gasteiger charge is 2.59. The minimum Gasteiger partial charge on any atom is -0.468 e. The molecule has 3 aliphatic carbocycles. The van der Waals surface area contributed by atoms with E-state index in [-0.39, 0.29) is 28.5 Å². The van der Waals surface area contributed by atoms with Crippen LogP contribution in [0, 0.1) is 28.1 Å². The van der Waals surface area contributed by atoms with Gasteiger partial charge in [-0.2, -0.15) is 0 Å². The van der Waals surface area contributed by atoms with Crippen molar-refractivity contribution in [2.45, 2.75) is 66.2 Å². The van der Waals surface area contributed by atoms with E-state index < -0.39 is 11.3 Å². The first-order valence-corrected chi connectivity index (χ1v) is 13.3. The summed E-state index contributed by atoms with van der Waals surface area (Å²) < 4.78 is 5.30. The van der Waals surface area contributed by atoms with Gasteiger partial charge in [0.05, 0.1) is 12.8 Å². The molecule has 0 spiro atoms. The Bertz CT molecular complexity index is 1380. The fourth-order valence-corrected chi connectivity index (χ4v) is 7.97. The minimum atomic E-state index is -0.532. The van der Waals surface area contributed by atoms with Gasteiger partial charge < -0.3 is 10.1 Å². The third-order valence-electron chi connectivity index (χ3n) is 10.6. The van der Waals surface area contributed by atoms with E-state index in [1.54, 1.807) is 0 Å². The van der Waals surface area contributed by atoms with Crippen LogP contribution < -0.4 is 5.32 Å². The van der Waals surface area contributed by atoms with Crippen LogP contribution in [0.4, 0.5) is 5.69 Å². The second kappa shape index (κ2) is 7.57. The van der Waals surface area contributed by atoms with E-state index in [4.69, 9.17) is 4.74 Å². The molecule has 0 saturated heterocycles. The molecule has 188 valence electrons. The lowest BCUT2D eigenvalue weighted by Gasteiger charge is -2.44. The smallest absolute Gasteiger partial charge is 0.315 e. The van der Waals surface area contributed by atoms with Crippen molar-refractivity contribution in [2.75, 3.05) is 12.4 Å². The lowest BCUT2D eigenvalue weighted by Crippen LogP contribution is -2.44. The van der Waals surface area contributed by atoms with Gasteiger partial charge in [-0.1, -0.05) is 82.7 Å². The number of methoxy groups -OCH3 is 1. The Kier molecular flexibility index (Phi) is 4.94. The average Bonchev–Trinajstić information content (AvgIpc) is 3.16. The second-order valence-corrected chi connectivity index (χ2v) is 12.9. The lowest BCUT2D eigenvalue weighted by molar-refractivity contribution is -0.148. The Balaban J connectivity index is 1.61. The van der Waals surface area contributed by atoms with Gasteiger partial charge in [-0.25, -0.2) is 0 Å². The Morgan fingerprint density at radius 1 is 1.08 bits per heavy atom. The fraction of sp³-hybridized carbons (Fsp3) is 0.500. The highest BCUT2D eigenvalue weighted by atomic mass is 16.5. The van der Waals surface area contributed by atoms with E-state index in [9.17, 15) is 9.59 Å². The van der Waals surface area contributed by atoms with Crippen LogP contribution in [-0.4, -0.2) is 18.9 Å². The average molecular weight is 484 g/mol. The molecule has 6 rings (SSSR count). The highest BCUT2D eigenvalue weighted by molar-refractivity contribution is 6.06. The van der Waals surface area contributed by atoms with Crippen molar-refractivity contribution in [3.05, 3.63) is 64.9 Å². The minimum absolute atomic E-state index is 0.135. The summed E-state index contributed by atoms with van der Waals surface area (Å²) in [6.07, 6.45) is 6.32. The van der Waals surface area contributed by atoms with Crippen molar-refractivity contribution in [3.63, 3.8) is 0 Å². The fourth-order valence-electron chi connectivity index (χ4n) is 7.97. The van der Waals surface area contributed by atoms with Gasteiger partial charge >= 0.3 is 5.97 Å². The largest absolute Gasteiger partial charge is 0.468 e. The molecular weight excluding hydrogens is 446 g/mol. The molecular formula is C32H37NO3. The Hall–Kier alpha value is -2.88. The first-order chi connectivity index (χ1) is 17.0. The molecule has 2 aromatic rings. The van der Waals surface area contributed by atoms with Crippen molar-refractivity contribution in [1.29, 1.82) is 0 Å². The summed E-state index contributed by atoms with van der Waals surface area (Å²) in [7, 11) is 1.44. The van der Waals surface area contributed by atoms with Crippen molar-refractivity contribution in [3.8, 4) is 0 Å². The molecule has 2 saturated carbocycles. The topological polar surface area (TPSA) is 55.4 Å². The number of hydrogen-bond donors (Lipinski definition) is 1. The van der Waals surface area contributed by atoms with E-state index in [0.29, 0.717) is 12.3 Å². The van der Waals surface area contributed by atoms with Gasteiger partial charge in [-0.15, -0.1) is 0 Å². The molecule has 1 heterocycles. The summed E-state index contributed by atoms with van der Waals surface area (Å²) in [5.74, 6) is -0.149. The van der Waals surface area contributed by atoms with Crippen LogP contribution in [0.1, 0.15) is 71.8 Å². The first kappa shape index (κ1) is 23.5. The van der Waals surface area contributed by atoms with Crippen LogP contribution in [0.15, 0.2) is 59.3 Å². The van der Waals surface area contributed by atoms with E-state index in [1.807, 2.05) is 19.9 Å². The van der Waals surface area contributed by atoms with Crippen LogP contribution in [0.25, 0.3) is 10.8 Å². The van der Waals surface area contributed by atoms with E-state index in [0.717, 1.165) is 39.7 Å². The van der Waals surface area contributed by atoms with Crippen LogP contribution in [0.5, 0.6) is 0 Å². The van der Waals surface area contributed by atoms with Crippen LogP contribution in [-0.2, 0) is 14.3 Å². The van der Waals surface area contributed by atoms with Gasteiger partial charge in [-0.3, -0.25) is 9.59 Å². The SMILES string of the molecule is COC(=O)[C@@H]1C2=C(C(=O)CC1(C)C)[C@@H](C=C1C[C@@H]3CC[C@@]1(C)C3(C)C)c1ccc3ccccc3c1N2. The maximum atomic E-state index is 13.8. The molecule has 4 nitrogen and oxygen atoms in total. The number of anilines is 1. The van der Waals surface area contributed by atoms with Crippen molar-refractivity contribution >= 4 is 28.2 Å². The van der Waals surface area contributed by atoms with E-state index in [2.05, 4.69) is 62.5 Å². The molecule has 36 heavy (non-hydrogen) atoms. The molecule has 1 N–H and O–H groups in total. The van der Waals surface area contributed by atoms with E-state index in [1.165, 1.54) is 25.5 Å². The maximum absolute atomic E-state index is 13.8. The molecule has 0 amide bonds. The zero-order chi connectivity index (χ0) is 25.6.